The number of esters is 1. The molecule has 2 N–H and O–H groups in total. The fourth-order valence-corrected chi connectivity index (χ4v) is 1.37. The third-order valence-electron chi connectivity index (χ3n) is 2.18. The first-order valence-corrected chi connectivity index (χ1v) is 5.07. The van der Waals surface area contributed by atoms with Crippen LogP contribution in [-0.4, -0.2) is 13.1 Å². The number of benzene rings is 1. The minimum Gasteiger partial charge on any atom is -0.493 e. The number of hydrogen-bond acceptors (Lipinski definition) is 5. The van der Waals surface area contributed by atoms with E-state index in [1.807, 2.05) is 6.07 Å². The minimum atomic E-state index is -0.419. The molecule has 1 aromatic carbocycles. The second-order valence-corrected chi connectivity index (χ2v) is 3.47. The minimum absolute atomic E-state index is 0. The van der Waals surface area contributed by atoms with Crippen molar-refractivity contribution in [3.05, 3.63) is 23.8 Å². The van der Waals surface area contributed by atoms with Gasteiger partial charge in [-0.3, -0.25) is 4.79 Å². The monoisotopic (exact) mass is 270 g/mol. The summed E-state index contributed by atoms with van der Waals surface area (Å²) >= 11 is 0. The van der Waals surface area contributed by atoms with Crippen LogP contribution in [-0.2, 0) is 4.79 Å². The molecule has 1 aromatic rings. The van der Waals surface area contributed by atoms with E-state index in [1.54, 1.807) is 18.2 Å². The van der Waals surface area contributed by atoms with E-state index < -0.39 is 5.97 Å². The van der Waals surface area contributed by atoms with E-state index in [0.29, 0.717) is 11.5 Å². The third kappa shape index (κ3) is 4.24. The summed E-state index contributed by atoms with van der Waals surface area (Å²) in [6, 6.07) is 6.61. The lowest BCUT2D eigenvalue weighted by molar-refractivity contribution is -0.132. The Labute approximate surface area is 112 Å². The van der Waals surface area contributed by atoms with Gasteiger partial charge in [0.25, 0.3) is 0 Å². The summed E-state index contributed by atoms with van der Waals surface area (Å²) in [5.41, 5.74) is 6.56. The van der Waals surface area contributed by atoms with Gasteiger partial charge in [0.1, 0.15) is 0 Å². The molecule has 0 aromatic heterocycles. The van der Waals surface area contributed by atoms with Crippen LogP contribution >= 0.6 is 12.4 Å². The van der Waals surface area contributed by atoms with Gasteiger partial charge in [0.2, 0.25) is 0 Å². The average molecular weight is 271 g/mol. The lowest BCUT2D eigenvalue weighted by Crippen LogP contribution is -2.10. The van der Waals surface area contributed by atoms with Crippen molar-refractivity contribution in [3.63, 3.8) is 0 Å². The molecule has 0 saturated heterocycles. The van der Waals surface area contributed by atoms with E-state index in [9.17, 15) is 4.79 Å². The summed E-state index contributed by atoms with van der Waals surface area (Å²) in [7, 11) is 1.47. The summed E-state index contributed by atoms with van der Waals surface area (Å²) < 4.78 is 10.1. The van der Waals surface area contributed by atoms with Gasteiger partial charge in [-0.2, -0.15) is 5.26 Å². The molecule has 0 amide bonds. The summed E-state index contributed by atoms with van der Waals surface area (Å²) in [5, 5.41) is 8.57. The summed E-state index contributed by atoms with van der Waals surface area (Å²) in [4.78, 5) is 10.9. The quantitative estimate of drug-likeness (QED) is 0.668. The highest BCUT2D eigenvalue weighted by atomic mass is 35.5. The Balaban J connectivity index is 0.00000289. The Bertz CT molecular complexity index is 457. The number of nitrogens with two attached hydrogens (primary N) is 1. The van der Waals surface area contributed by atoms with Crippen molar-refractivity contribution in [2.75, 3.05) is 7.11 Å². The van der Waals surface area contributed by atoms with E-state index >= 15 is 0 Å². The van der Waals surface area contributed by atoms with Gasteiger partial charge in [0.15, 0.2) is 11.5 Å². The van der Waals surface area contributed by atoms with E-state index in [-0.39, 0.29) is 24.9 Å². The van der Waals surface area contributed by atoms with Crippen LogP contribution in [0.5, 0.6) is 11.5 Å². The maximum atomic E-state index is 10.9. The van der Waals surface area contributed by atoms with Crippen LogP contribution in [0.3, 0.4) is 0 Å². The molecule has 98 valence electrons. The summed E-state index contributed by atoms with van der Waals surface area (Å²) in [6.07, 6.45) is 0.218. The number of ether oxygens (including phenoxy) is 2. The molecule has 0 heterocycles. The van der Waals surface area contributed by atoms with Gasteiger partial charge in [-0.1, -0.05) is 6.07 Å². The number of hydrogen-bond donors (Lipinski definition) is 1. The largest absolute Gasteiger partial charge is 0.493 e. The molecule has 0 unspecified atom stereocenters. The third-order valence-corrected chi connectivity index (χ3v) is 2.18. The zero-order chi connectivity index (χ0) is 12.8. The molecule has 1 rings (SSSR count). The van der Waals surface area contributed by atoms with Gasteiger partial charge in [-0.05, 0) is 17.7 Å². The van der Waals surface area contributed by atoms with Crippen LogP contribution in [0.15, 0.2) is 18.2 Å². The number of halogens is 1. The van der Waals surface area contributed by atoms with Crippen LogP contribution < -0.4 is 15.2 Å². The van der Waals surface area contributed by atoms with Crippen LogP contribution in [0.4, 0.5) is 0 Å². The molecule has 0 aliphatic rings. The lowest BCUT2D eigenvalue weighted by Gasteiger charge is -2.12. The number of nitriles is 1. The second kappa shape index (κ2) is 7.54. The molecule has 0 aliphatic carbocycles. The molecule has 6 heteroatoms. The number of nitrogens with zero attached hydrogens (tertiary/aromatic N) is 1. The Hall–Kier alpha value is -1.77. The van der Waals surface area contributed by atoms with E-state index in [0.717, 1.165) is 5.56 Å². The molecule has 0 fully saturated rings. The molecular weight excluding hydrogens is 256 g/mol. The molecule has 0 aliphatic heterocycles. The van der Waals surface area contributed by atoms with Crippen LogP contribution in [0.25, 0.3) is 0 Å². The van der Waals surface area contributed by atoms with Crippen molar-refractivity contribution in [3.8, 4) is 17.6 Å². The van der Waals surface area contributed by atoms with Gasteiger partial charge in [0, 0.05) is 13.0 Å². The zero-order valence-corrected chi connectivity index (χ0v) is 11.0. The smallest absolute Gasteiger partial charge is 0.308 e. The number of carbonyl (C=O) groups excluding carboxylic acids is 1. The highest BCUT2D eigenvalue weighted by Gasteiger charge is 2.11. The standard InChI is InChI=1S/C12H14N2O3.ClH/c1-8(15)17-11-4-3-9(7-12(11)16-2)10(14)5-6-13;/h3-4,7,10H,5,14H2,1-2H3;1H/t10-;/m1./s1. The molecule has 0 saturated carbocycles. The van der Waals surface area contributed by atoms with Gasteiger partial charge in [-0.25, -0.2) is 0 Å². The SMILES string of the molecule is COc1cc([C@H](N)CC#N)ccc1OC(C)=O.Cl. The Morgan fingerprint density at radius 3 is 2.67 bits per heavy atom. The number of rotatable bonds is 4. The van der Waals surface area contributed by atoms with Crippen LogP contribution in [0.2, 0.25) is 0 Å². The first-order valence-electron chi connectivity index (χ1n) is 5.07. The van der Waals surface area contributed by atoms with Crippen molar-refractivity contribution in [1.82, 2.24) is 0 Å². The van der Waals surface area contributed by atoms with Crippen molar-refractivity contribution in [1.29, 1.82) is 5.26 Å². The van der Waals surface area contributed by atoms with Gasteiger partial charge < -0.3 is 15.2 Å². The maximum absolute atomic E-state index is 10.9. The predicted octanol–water partition coefficient (Wildman–Crippen LogP) is 1.96. The summed E-state index contributed by atoms with van der Waals surface area (Å²) in [5.74, 6) is 0.344. The first-order chi connectivity index (χ1) is 8.08. The summed E-state index contributed by atoms with van der Waals surface area (Å²) in [6.45, 7) is 1.31. The van der Waals surface area contributed by atoms with E-state index in [1.165, 1.54) is 14.0 Å². The molecule has 0 radical (unpaired) electrons. The highest BCUT2D eigenvalue weighted by Crippen LogP contribution is 2.30. The highest BCUT2D eigenvalue weighted by molar-refractivity contribution is 5.85. The molecule has 0 spiro atoms. The van der Waals surface area contributed by atoms with E-state index in [4.69, 9.17) is 20.5 Å². The van der Waals surface area contributed by atoms with Crippen LogP contribution in [0, 0.1) is 11.3 Å². The van der Waals surface area contributed by atoms with E-state index in [2.05, 4.69) is 0 Å². The van der Waals surface area contributed by atoms with Crippen LogP contribution in [0.1, 0.15) is 24.9 Å². The van der Waals surface area contributed by atoms with Gasteiger partial charge >= 0.3 is 5.97 Å². The van der Waals surface area contributed by atoms with Crippen molar-refractivity contribution in [2.24, 2.45) is 5.73 Å². The zero-order valence-electron chi connectivity index (χ0n) is 10.2. The Morgan fingerprint density at radius 1 is 1.50 bits per heavy atom. The first kappa shape index (κ1) is 16.2. The topological polar surface area (TPSA) is 85.3 Å². The van der Waals surface area contributed by atoms with Crippen molar-refractivity contribution < 1.29 is 14.3 Å². The number of carbonyl (C=O) groups is 1. The molecule has 0 bridgehead atoms. The maximum Gasteiger partial charge on any atom is 0.308 e. The van der Waals surface area contributed by atoms with Gasteiger partial charge in [-0.15, -0.1) is 12.4 Å². The molecule has 1 atom stereocenters. The Kier molecular flexibility index (Phi) is 6.79. The number of methoxy groups -OCH3 is 1. The molecular formula is C12H15ClN2O3. The molecule has 5 nitrogen and oxygen atoms in total. The predicted molar refractivity (Wildman–Crippen MR) is 68.7 cm³/mol. The normalized spacial score (nSPS) is 10.8. The van der Waals surface area contributed by atoms with Crippen molar-refractivity contribution >= 4 is 18.4 Å². The fourth-order valence-electron chi connectivity index (χ4n) is 1.37. The van der Waals surface area contributed by atoms with Gasteiger partial charge in [0.05, 0.1) is 19.6 Å². The molecule has 18 heavy (non-hydrogen) atoms. The lowest BCUT2D eigenvalue weighted by atomic mass is 10.0. The second-order valence-electron chi connectivity index (χ2n) is 3.47. The Morgan fingerprint density at radius 2 is 2.17 bits per heavy atom. The average Bonchev–Trinajstić information content (AvgIpc) is 2.29. The fraction of sp³-hybridized carbons (Fsp3) is 0.333. The van der Waals surface area contributed by atoms with Crippen molar-refractivity contribution in [2.45, 2.75) is 19.4 Å².